The molecule has 48 valence electrons. The third kappa shape index (κ3) is 2.72. The van der Waals surface area contributed by atoms with E-state index in [-0.39, 0.29) is 5.78 Å². The molecule has 0 rings (SSSR count). The molecule has 0 aliphatic carbocycles. The Morgan fingerprint density at radius 2 is 2.25 bits per heavy atom. The summed E-state index contributed by atoms with van der Waals surface area (Å²) in [5.41, 5.74) is 0. The van der Waals surface area contributed by atoms with Gasteiger partial charge in [-0.2, -0.15) is 0 Å². The molecule has 0 N–H and O–H groups in total. The molecule has 0 aromatic heterocycles. The van der Waals surface area contributed by atoms with Gasteiger partial charge >= 0.3 is 0 Å². The van der Waals surface area contributed by atoms with Crippen LogP contribution in [0.2, 0.25) is 0 Å². The summed E-state index contributed by atoms with van der Waals surface area (Å²) in [5.74, 6) is -0.285. The van der Waals surface area contributed by atoms with E-state index in [9.17, 15) is 9.18 Å². The Morgan fingerprint density at radius 3 is 2.38 bits per heavy atom. The fourth-order valence-electron chi connectivity index (χ4n) is 0.445. The van der Waals surface area contributed by atoms with Crippen molar-refractivity contribution in [2.45, 2.75) is 32.9 Å². The second kappa shape index (κ2) is 3.58. The van der Waals surface area contributed by atoms with Gasteiger partial charge in [0.05, 0.1) is 0 Å². The highest BCUT2D eigenvalue weighted by atomic mass is 19.1. The molecule has 0 radical (unpaired) electrons. The van der Waals surface area contributed by atoms with Gasteiger partial charge in [0.1, 0.15) is 0 Å². The lowest BCUT2D eigenvalue weighted by molar-refractivity contribution is -0.123. The standard InChI is InChI=1S/C6H11FO/c1-3-4-6(8)5(2)7/h5H,3-4H2,1-2H3. The molecule has 0 aromatic carbocycles. The molecule has 2 heteroatoms. The number of carbonyl (C=O) groups excluding carboxylic acids is 1. The smallest absolute Gasteiger partial charge is 0.166 e. The molecule has 0 heterocycles. The number of halogens is 1. The summed E-state index contributed by atoms with van der Waals surface area (Å²) >= 11 is 0. The number of alkyl halides is 1. The van der Waals surface area contributed by atoms with Gasteiger partial charge in [-0.05, 0) is 13.3 Å². The molecule has 8 heavy (non-hydrogen) atoms. The summed E-state index contributed by atoms with van der Waals surface area (Å²) in [5, 5.41) is 0. The van der Waals surface area contributed by atoms with Gasteiger partial charge in [0.25, 0.3) is 0 Å². The maximum Gasteiger partial charge on any atom is 0.166 e. The number of carbonyl (C=O) groups is 1. The van der Waals surface area contributed by atoms with E-state index in [4.69, 9.17) is 0 Å². The molecule has 1 nitrogen and oxygen atoms in total. The minimum Gasteiger partial charge on any atom is -0.296 e. The molecule has 0 amide bonds. The Bertz CT molecular complexity index is 78.6. The van der Waals surface area contributed by atoms with Crippen LogP contribution in [0.3, 0.4) is 0 Å². The highest BCUT2D eigenvalue weighted by molar-refractivity contribution is 5.82. The SMILES string of the molecule is CCCC(=O)C(C)F. The summed E-state index contributed by atoms with van der Waals surface area (Å²) in [6.07, 6.45) is -0.153. The Hall–Kier alpha value is -0.400. The Balaban J connectivity index is 3.33. The minimum absolute atomic E-state index is 0.285. The maximum absolute atomic E-state index is 11.9. The zero-order chi connectivity index (χ0) is 6.57. The average molecular weight is 118 g/mol. The van der Waals surface area contributed by atoms with Crippen molar-refractivity contribution in [1.82, 2.24) is 0 Å². The zero-order valence-corrected chi connectivity index (χ0v) is 5.28. The normalized spacial score (nSPS) is 13.4. The predicted octanol–water partition coefficient (Wildman–Crippen LogP) is 1.71. The van der Waals surface area contributed by atoms with Crippen LogP contribution >= 0.6 is 0 Å². The predicted molar refractivity (Wildman–Crippen MR) is 30.5 cm³/mol. The van der Waals surface area contributed by atoms with E-state index in [1.807, 2.05) is 6.92 Å². The molecule has 1 unspecified atom stereocenters. The Kier molecular flexibility index (Phi) is 3.40. The van der Waals surface area contributed by atoms with Crippen molar-refractivity contribution in [3.05, 3.63) is 0 Å². The molecular formula is C6H11FO. The van der Waals surface area contributed by atoms with Crippen molar-refractivity contribution < 1.29 is 9.18 Å². The third-order valence-corrected chi connectivity index (χ3v) is 0.940. The third-order valence-electron chi connectivity index (χ3n) is 0.940. The van der Waals surface area contributed by atoms with Crippen LogP contribution < -0.4 is 0 Å². The Labute approximate surface area is 48.9 Å². The lowest BCUT2D eigenvalue weighted by Crippen LogP contribution is -2.09. The van der Waals surface area contributed by atoms with Crippen molar-refractivity contribution in [3.8, 4) is 0 Å². The topological polar surface area (TPSA) is 17.1 Å². The molecule has 0 fully saturated rings. The summed E-state index contributed by atoms with van der Waals surface area (Å²) in [6.45, 7) is 3.14. The molecular weight excluding hydrogens is 107 g/mol. The molecule has 1 atom stereocenters. The van der Waals surface area contributed by atoms with Crippen LogP contribution in [0.15, 0.2) is 0 Å². The fourth-order valence-corrected chi connectivity index (χ4v) is 0.445. The number of ketones is 1. The highest BCUT2D eigenvalue weighted by Gasteiger charge is 2.07. The quantitative estimate of drug-likeness (QED) is 0.551. The summed E-state index contributed by atoms with van der Waals surface area (Å²) in [6, 6.07) is 0. The number of hydrogen-bond acceptors (Lipinski definition) is 1. The largest absolute Gasteiger partial charge is 0.296 e. The number of rotatable bonds is 3. The highest BCUT2D eigenvalue weighted by Crippen LogP contribution is 1.97. The minimum atomic E-state index is -1.27. The molecule has 0 aliphatic heterocycles. The second-order valence-corrected chi connectivity index (χ2v) is 1.83. The average Bonchev–Trinajstić information content (AvgIpc) is 1.67. The first-order chi connectivity index (χ1) is 3.68. The van der Waals surface area contributed by atoms with Gasteiger partial charge in [-0.15, -0.1) is 0 Å². The first kappa shape index (κ1) is 7.60. The van der Waals surface area contributed by atoms with Crippen molar-refractivity contribution in [3.63, 3.8) is 0 Å². The van der Waals surface area contributed by atoms with Gasteiger partial charge in [-0.3, -0.25) is 4.79 Å². The van der Waals surface area contributed by atoms with E-state index >= 15 is 0 Å². The zero-order valence-electron chi connectivity index (χ0n) is 5.28. The van der Waals surface area contributed by atoms with Crippen molar-refractivity contribution >= 4 is 5.78 Å². The van der Waals surface area contributed by atoms with Crippen LogP contribution in [0.25, 0.3) is 0 Å². The van der Waals surface area contributed by atoms with Crippen LogP contribution in [0.5, 0.6) is 0 Å². The van der Waals surface area contributed by atoms with Crippen LogP contribution in [-0.2, 0) is 4.79 Å². The molecule has 0 spiro atoms. The van der Waals surface area contributed by atoms with E-state index in [0.717, 1.165) is 6.42 Å². The van der Waals surface area contributed by atoms with Gasteiger partial charge in [-0.1, -0.05) is 6.92 Å². The summed E-state index contributed by atoms with van der Waals surface area (Å²) in [4.78, 5) is 10.4. The van der Waals surface area contributed by atoms with Crippen molar-refractivity contribution in [2.75, 3.05) is 0 Å². The second-order valence-electron chi connectivity index (χ2n) is 1.83. The van der Waals surface area contributed by atoms with Crippen LogP contribution in [0.1, 0.15) is 26.7 Å². The monoisotopic (exact) mass is 118 g/mol. The lowest BCUT2D eigenvalue weighted by atomic mass is 10.2. The van der Waals surface area contributed by atoms with Gasteiger partial charge in [-0.25, -0.2) is 4.39 Å². The number of Topliss-reactive ketones (excluding diaryl/α,β-unsaturated/α-hetero) is 1. The van der Waals surface area contributed by atoms with Crippen LogP contribution in [0, 0.1) is 0 Å². The summed E-state index contributed by atoms with van der Waals surface area (Å²) < 4.78 is 11.9. The molecule has 0 saturated heterocycles. The lowest BCUT2D eigenvalue weighted by Gasteiger charge is -1.95. The van der Waals surface area contributed by atoms with Gasteiger partial charge in [0, 0.05) is 6.42 Å². The van der Waals surface area contributed by atoms with E-state index < -0.39 is 6.17 Å². The molecule has 0 bridgehead atoms. The van der Waals surface area contributed by atoms with Gasteiger partial charge in [0.15, 0.2) is 12.0 Å². The summed E-state index contributed by atoms with van der Waals surface area (Å²) in [7, 11) is 0. The molecule has 0 saturated carbocycles. The van der Waals surface area contributed by atoms with Gasteiger partial charge < -0.3 is 0 Å². The van der Waals surface area contributed by atoms with E-state index in [1.54, 1.807) is 0 Å². The number of hydrogen-bond donors (Lipinski definition) is 0. The van der Waals surface area contributed by atoms with Crippen molar-refractivity contribution in [1.29, 1.82) is 0 Å². The van der Waals surface area contributed by atoms with E-state index in [1.165, 1.54) is 6.92 Å². The fraction of sp³-hybridized carbons (Fsp3) is 0.833. The molecule has 0 aromatic rings. The van der Waals surface area contributed by atoms with Gasteiger partial charge in [0.2, 0.25) is 0 Å². The maximum atomic E-state index is 11.9. The first-order valence-electron chi connectivity index (χ1n) is 2.85. The van der Waals surface area contributed by atoms with Crippen LogP contribution in [0.4, 0.5) is 4.39 Å². The Morgan fingerprint density at radius 1 is 1.75 bits per heavy atom. The van der Waals surface area contributed by atoms with E-state index in [0.29, 0.717) is 6.42 Å². The van der Waals surface area contributed by atoms with Crippen molar-refractivity contribution in [2.24, 2.45) is 0 Å². The van der Waals surface area contributed by atoms with E-state index in [2.05, 4.69) is 0 Å². The molecule has 0 aliphatic rings. The first-order valence-corrected chi connectivity index (χ1v) is 2.85. The van der Waals surface area contributed by atoms with Crippen LogP contribution in [-0.4, -0.2) is 12.0 Å².